The third kappa shape index (κ3) is 5.90. The first-order chi connectivity index (χ1) is 30.2. The lowest BCUT2D eigenvalue weighted by molar-refractivity contribution is 0.487. The van der Waals surface area contributed by atoms with E-state index in [-0.39, 0.29) is 0 Å². The minimum absolute atomic E-state index is 0.851. The molecular formula is C58H38N2O. The Morgan fingerprint density at radius 2 is 0.754 bits per heavy atom. The monoisotopic (exact) mass is 778 g/mol. The number of hydrogen-bond acceptors (Lipinski definition) is 3. The number of rotatable bonds is 7. The van der Waals surface area contributed by atoms with Gasteiger partial charge in [0.05, 0.1) is 0 Å². The molecule has 0 N–H and O–H groups in total. The quantitative estimate of drug-likeness (QED) is 0.150. The van der Waals surface area contributed by atoms with Crippen molar-refractivity contribution >= 4 is 77.2 Å². The van der Waals surface area contributed by atoms with E-state index >= 15 is 0 Å². The molecule has 61 heavy (non-hydrogen) atoms. The van der Waals surface area contributed by atoms with Crippen LogP contribution in [0.2, 0.25) is 0 Å². The lowest BCUT2D eigenvalue weighted by Gasteiger charge is -2.28. The summed E-state index contributed by atoms with van der Waals surface area (Å²) in [5.41, 5.74) is 11.3. The first-order valence-corrected chi connectivity index (χ1v) is 20.8. The molecule has 0 spiro atoms. The Labute approximate surface area is 354 Å². The van der Waals surface area contributed by atoms with Crippen molar-refractivity contribution in [3.8, 4) is 33.8 Å². The molecule has 286 valence electrons. The standard InChI is InChI=1S/C58H38N2O/c1-5-16-42(17-6-1)59(43-18-7-2-8-19-43)46-31-30-39-34-41(29-28-40(39)35-46)52-37-54-51-26-15-27-56-58(51)55(38-53(54)49-25-14-13-24-48(49)52)50-33-32-47(36-57(50)61-56)60(44-20-9-3-10-21-44)45-22-11-4-12-23-45/h1-38H. The molecule has 3 heteroatoms. The molecule has 0 atom stereocenters. The number of benzene rings is 11. The third-order valence-electron chi connectivity index (χ3n) is 12.1. The Kier molecular flexibility index (Phi) is 8.17. The van der Waals surface area contributed by atoms with E-state index in [1.807, 2.05) is 0 Å². The average Bonchev–Trinajstić information content (AvgIpc) is 3.33. The minimum Gasteiger partial charge on any atom is -0.456 e. The molecule has 0 fully saturated rings. The maximum absolute atomic E-state index is 6.86. The molecule has 0 amide bonds. The van der Waals surface area contributed by atoms with E-state index in [4.69, 9.17) is 4.74 Å². The van der Waals surface area contributed by atoms with Crippen molar-refractivity contribution in [2.45, 2.75) is 0 Å². The zero-order chi connectivity index (χ0) is 40.3. The van der Waals surface area contributed by atoms with Crippen LogP contribution in [0.15, 0.2) is 231 Å². The second kappa shape index (κ2) is 14.3. The molecule has 1 aliphatic heterocycles. The molecule has 0 radical (unpaired) electrons. The van der Waals surface area contributed by atoms with Gasteiger partial charge in [-0.15, -0.1) is 0 Å². The van der Waals surface area contributed by atoms with Crippen LogP contribution in [0.25, 0.3) is 65.3 Å². The Balaban J connectivity index is 0.988. The maximum Gasteiger partial charge on any atom is 0.137 e. The lowest BCUT2D eigenvalue weighted by atomic mass is 9.86. The largest absolute Gasteiger partial charge is 0.456 e. The molecule has 0 bridgehead atoms. The molecule has 0 aromatic heterocycles. The highest BCUT2D eigenvalue weighted by Gasteiger charge is 2.25. The summed E-state index contributed by atoms with van der Waals surface area (Å²) in [6, 6.07) is 82.7. The Morgan fingerprint density at radius 3 is 1.39 bits per heavy atom. The fraction of sp³-hybridized carbons (Fsp3) is 0. The van der Waals surface area contributed by atoms with Crippen LogP contribution >= 0.6 is 0 Å². The highest BCUT2D eigenvalue weighted by molar-refractivity contribution is 6.25. The first-order valence-electron chi connectivity index (χ1n) is 20.8. The van der Waals surface area contributed by atoms with E-state index in [1.165, 1.54) is 54.4 Å². The molecule has 0 aliphatic carbocycles. The van der Waals surface area contributed by atoms with Crippen LogP contribution in [0.4, 0.5) is 34.1 Å². The van der Waals surface area contributed by atoms with Crippen LogP contribution in [0.3, 0.4) is 0 Å². The minimum atomic E-state index is 0.851. The van der Waals surface area contributed by atoms with E-state index in [1.54, 1.807) is 0 Å². The summed E-state index contributed by atoms with van der Waals surface area (Å²) in [7, 11) is 0. The molecule has 11 aromatic rings. The number of hydrogen-bond donors (Lipinski definition) is 0. The molecule has 1 heterocycles. The number of nitrogens with zero attached hydrogens (tertiary/aromatic N) is 2. The summed E-state index contributed by atoms with van der Waals surface area (Å²) in [5, 5.41) is 9.65. The van der Waals surface area contributed by atoms with Gasteiger partial charge in [0, 0.05) is 51.1 Å². The van der Waals surface area contributed by atoms with Gasteiger partial charge in [-0.1, -0.05) is 127 Å². The topological polar surface area (TPSA) is 15.7 Å². The Hall–Kier alpha value is -8.14. The molecule has 11 aromatic carbocycles. The highest BCUT2D eigenvalue weighted by Crippen LogP contribution is 2.52. The number of para-hydroxylation sites is 4. The summed E-state index contributed by atoms with van der Waals surface area (Å²) < 4.78 is 6.86. The van der Waals surface area contributed by atoms with E-state index in [0.717, 1.165) is 56.6 Å². The fourth-order valence-electron chi connectivity index (χ4n) is 9.38. The van der Waals surface area contributed by atoms with Crippen molar-refractivity contribution < 1.29 is 4.74 Å². The van der Waals surface area contributed by atoms with Crippen molar-refractivity contribution in [2.24, 2.45) is 0 Å². The fourth-order valence-corrected chi connectivity index (χ4v) is 9.38. The zero-order valence-electron chi connectivity index (χ0n) is 33.2. The van der Waals surface area contributed by atoms with E-state index in [9.17, 15) is 0 Å². The summed E-state index contributed by atoms with van der Waals surface area (Å²) >= 11 is 0. The summed E-state index contributed by atoms with van der Waals surface area (Å²) in [4.78, 5) is 4.60. The van der Waals surface area contributed by atoms with Gasteiger partial charge in [0.15, 0.2) is 0 Å². The molecule has 0 saturated heterocycles. The van der Waals surface area contributed by atoms with Gasteiger partial charge in [0.1, 0.15) is 11.5 Å². The van der Waals surface area contributed by atoms with E-state index < -0.39 is 0 Å². The van der Waals surface area contributed by atoms with Crippen LogP contribution in [-0.2, 0) is 0 Å². The summed E-state index contributed by atoms with van der Waals surface area (Å²) in [6.45, 7) is 0. The first kappa shape index (κ1) is 34.9. The van der Waals surface area contributed by atoms with Crippen molar-refractivity contribution in [1.29, 1.82) is 0 Å². The van der Waals surface area contributed by atoms with Gasteiger partial charge in [-0.05, 0) is 151 Å². The number of anilines is 6. The molecule has 0 saturated carbocycles. The van der Waals surface area contributed by atoms with Crippen molar-refractivity contribution in [3.05, 3.63) is 231 Å². The highest BCUT2D eigenvalue weighted by atomic mass is 16.5. The van der Waals surface area contributed by atoms with Gasteiger partial charge < -0.3 is 14.5 Å². The van der Waals surface area contributed by atoms with Crippen LogP contribution in [0.5, 0.6) is 11.5 Å². The summed E-state index contributed by atoms with van der Waals surface area (Å²) in [5.74, 6) is 1.73. The van der Waals surface area contributed by atoms with Crippen molar-refractivity contribution in [1.82, 2.24) is 0 Å². The van der Waals surface area contributed by atoms with Gasteiger partial charge in [-0.25, -0.2) is 0 Å². The molecule has 12 rings (SSSR count). The predicted molar refractivity (Wildman–Crippen MR) is 257 cm³/mol. The number of fused-ring (bicyclic) bond motifs is 7. The molecule has 1 aliphatic rings. The van der Waals surface area contributed by atoms with Gasteiger partial charge in [0.25, 0.3) is 0 Å². The van der Waals surface area contributed by atoms with E-state index in [2.05, 4.69) is 240 Å². The van der Waals surface area contributed by atoms with Gasteiger partial charge >= 0.3 is 0 Å². The molecular weight excluding hydrogens is 741 g/mol. The third-order valence-corrected chi connectivity index (χ3v) is 12.1. The molecule has 0 unspecified atom stereocenters. The average molecular weight is 779 g/mol. The Morgan fingerprint density at radius 1 is 0.262 bits per heavy atom. The van der Waals surface area contributed by atoms with Gasteiger partial charge in [0.2, 0.25) is 0 Å². The maximum atomic E-state index is 6.86. The second-order valence-corrected chi connectivity index (χ2v) is 15.7. The molecule has 3 nitrogen and oxygen atoms in total. The number of ether oxygens (including phenoxy) is 1. The van der Waals surface area contributed by atoms with Gasteiger partial charge in [-0.2, -0.15) is 0 Å². The lowest BCUT2D eigenvalue weighted by Crippen LogP contribution is -2.10. The van der Waals surface area contributed by atoms with Crippen LogP contribution in [0.1, 0.15) is 0 Å². The zero-order valence-corrected chi connectivity index (χ0v) is 33.2. The predicted octanol–water partition coefficient (Wildman–Crippen LogP) is 16.7. The van der Waals surface area contributed by atoms with Crippen molar-refractivity contribution in [2.75, 3.05) is 9.80 Å². The smallest absolute Gasteiger partial charge is 0.137 e. The van der Waals surface area contributed by atoms with Crippen LogP contribution in [0, 0.1) is 0 Å². The summed E-state index contributed by atoms with van der Waals surface area (Å²) in [6.07, 6.45) is 0. The second-order valence-electron chi connectivity index (χ2n) is 15.7. The Bertz CT molecular complexity index is 3360. The normalized spacial score (nSPS) is 11.7. The van der Waals surface area contributed by atoms with Crippen LogP contribution in [-0.4, -0.2) is 0 Å². The van der Waals surface area contributed by atoms with Crippen LogP contribution < -0.4 is 14.5 Å². The van der Waals surface area contributed by atoms with Gasteiger partial charge in [-0.3, -0.25) is 0 Å². The SMILES string of the molecule is c1ccc(N(c2ccccc2)c2ccc3c(c2)Oc2cccc4c2c-3cc2c3ccccc3c(-c3ccc5cc(N(c6ccccc6)c6ccccc6)ccc5c3)cc42)cc1. The van der Waals surface area contributed by atoms with Crippen molar-refractivity contribution in [3.63, 3.8) is 0 Å². The van der Waals surface area contributed by atoms with E-state index in [0.29, 0.717) is 0 Å².